The largest absolute Gasteiger partial charge is 0.353 e. The van der Waals surface area contributed by atoms with Crippen LogP contribution < -0.4 is 15.1 Å². The third-order valence-electron chi connectivity index (χ3n) is 4.95. The predicted molar refractivity (Wildman–Crippen MR) is 112 cm³/mol. The molecule has 0 bridgehead atoms. The van der Waals surface area contributed by atoms with E-state index in [2.05, 4.69) is 25.1 Å². The van der Waals surface area contributed by atoms with Crippen LogP contribution in [0.25, 0.3) is 0 Å². The first-order valence-electron chi connectivity index (χ1n) is 9.54. The molecule has 1 aliphatic rings. The Balaban J connectivity index is 1.36. The molecule has 29 heavy (non-hydrogen) atoms. The van der Waals surface area contributed by atoms with Crippen molar-refractivity contribution >= 4 is 23.2 Å². The highest BCUT2D eigenvalue weighted by Gasteiger charge is 2.19. The molecule has 0 atom stereocenters. The summed E-state index contributed by atoms with van der Waals surface area (Å²) in [5.74, 6) is 0.825. The number of rotatable bonds is 4. The molecule has 2 aromatic heterocycles. The van der Waals surface area contributed by atoms with Crippen molar-refractivity contribution in [2.75, 3.05) is 41.3 Å². The second kappa shape index (κ2) is 8.26. The zero-order valence-corrected chi connectivity index (χ0v) is 16.2. The van der Waals surface area contributed by atoms with Gasteiger partial charge in [0.2, 0.25) is 0 Å². The number of pyridine rings is 2. The molecule has 7 heteroatoms. The number of aromatic nitrogens is 2. The Morgan fingerprint density at radius 1 is 0.966 bits per heavy atom. The van der Waals surface area contributed by atoms with Gasteiger partial charge in [-0.15, -0.1) is 0 Å². The van der Waals surface area contributed by atoms with Crippen molar-refractivity contribution in [2.45, 2.75) is 6.92 Å². The average Bonchev–Trinajstić information content (AvgIpc) is 2.75. The van der Waals surface area contributed by atoms with Crippen LogP contribution in [0.1, 0.15) is 15.9 Å². The molecule has 6 nitrogen and oxygen atoms in total. The second-order valence-electron chi connectivity index (χ2n) is 7.00. The number of hydrogen-bond acceptors (Lipinski definition) is 5. The maximum absolute atomic E-state index is 14.0. The van der Waals surface area contributed by atoms with Gasteiger partial charge in [-0.3, -0.25) is 4.79 Å². The fourth-order valence-electron chi connectivity index (χ4n) is 3.36. The van der Waals surface area contributed by atoms with E-state index in [9.17, 15) is 9.18 Å². The molecule has 1 aromatic carbocycles. The van der Waals surface area contributed by atoms with Gasteiger partial charge in [-0.1, -0.05) is 12.1 Å². The van der Waals surface area contributed by atoms with Crippen LogP contribution in [0.5, 0.6) is 0 Å². The molecular weight excluding hydrogens is 369 g/mol. The SMILES string of the molecule is Cc1ccc(C(=O)Nc2ccc(N3CCN(c4ccccn4)CC3)nc2)c(F)c1. The number of carbonyl (C=O) groups is 1. The van der Waals surface area contributed by atoms with Gasteiger partial charge in [0.1, 0.15) is 17.5 Å². The van der Waals surface area contributed by atoms with Crippen LogP contribution in [-0.4, -0.2) is 42.1 Å². The van der Waals surface area contributed by atoms with Gasteiger partial charge in [-0.05, 0) is 48.9 Å². The number of aryl methyl sites for hydroxylation is 1. The standard InChI is InChI=1S/C22H22FN5O/c1-16-5-7-18(19(23)14-16)22(29)26-17-6-8-21(25-15-17)28-12-10-27(11-13-28)20-4-2-3-9-24-20/h2-9,14-15H,10-13H2,1H3,(H,26,29). The first-order chi connectivity index (χ1) is 14.1. The van der Waals surface area contributed by atoms with Gasteiger partial charge in [0.25, 0.3) is 5.91 Å². The summed E-state index contributed by atoms with van der Waals surface area (Å²) in [4.78, 5) is 25.6. The van der Waals surface area contributed by atoms with Crippen molar-refractivity contribution in [1.82, 2.24) is 9.97 Å². The van der Waals surface area contributed by atoms with E-state index in [-0.39, 0.29) is 5.56 Å². The molecule has 4 rings (SSSR count). The predicted octanol–water partition coefficient (Wildman–Crippen LogP) is 3.50. The molecule has 0 saturated carbocycles. The van der Waals surface area contributed by atoms with Crippen LogP contribution in [0.4, 0.5) is 21.7 Å². The van der Waals surface area contributed by atoms with E-state index in [0.717, 1.165) is 43.4 Å². The molecule has 3 heterocycles. The first-order valence-corrected chi connectivity index (χ1v) is 9.54. The number of piperazine rings is 1. The molecular formula is C22H22FN5O. The lowest BCUT2D eigenvalue weighted by Gasteiger charge is -2.36. The van der Waals surface area contributed by atoms with E-state index >= 15 is 0 Å². The van der Waals surface area contributed by atoms with E-state index in [4.69, 9.17) is 0 Å². The van der Waals surface area contributed by atoms with Gasteiger partial charge < -0.3 is 15.1 Å². The zero-order chi connectivity index (χ0) is 20.2. The van der Waals surface area contributed by atoms with E-state index in [1.54, 1.807) is 31.5 Å². The van der Waals surface area contributed by atoms with Crippen LogP contribution in [0.15, 0.2) is 60.9 Å². The number of nitrogens with zero attached hydrogens (tertiary/aromatic N) is 4. The van der Waals surface area contributed by atoms with Gasteiger partial charge in [-0.25, -0.2) is 14.4 Å². The molecule has 0 radical (unpaired) electrons. The minimum Gasteiger partial charge on any atom is -0.353 e. The van der Waals surface area contributed by atoms with Crippen molar-refractivity contribution in [2.24, 2.45) is 0 Å². The summed E-state index contributed by atoms with van der Waals surface area (Å²) >= 11 is 0. The zero-order valence-electron chi connectivity index (χ0n) is 16.2. The number of anilines is 3. The van der Waals surface area contributed by atoms with Crippen LogP contribution in [0.2, 0.25) is 0 Å². The molecule has 0 aliphatic carbocycles. The summed E-state index contributed by atoms with van der Waals surface area (Å²) in [6.45, 7) is 5.19. The highest BCUT2D eigenvalue weighted by molar-refractivity contribution is 6.04. The molecule has 1 aliphatic heterocycles. The van der Waals surface area contributed by atoms with Gasteiger partial charge in [-0.2, -0.15) is 0 Å². The minimum atomic E-state index is -0.530. The topological polar surface area (TPSA) is 61.4 Å². The van der Waals surface area contributed by atoms with E-state index in [1.165, 1.54) is 12.1 Å². The third-order valence-corrected chi connectivity index (χ3v) is 4.95. The Morgan fingerprint density at radius 3 is 2.28 bits per heavy atom. The van der Waals surface area contributed by atoms with Crippen molar-refractivity contribution in [3.8, 4) is 0 Å². The summed E-state index contributed by atoms with van der Waals surface area (Å²) in [7, 11) is 0. The smallest absolute Gasteiger partial charge is 0.258 e. The van der Waals surface area contributed by atoms with Gasteiger partial charge in [0.05, 0.1) is 17.4 Å². The quantitative estimate of drug-likeness (QED) is 0.738. The fraction of sp³-hybridized carbons (Fsp3) is 0.227. The van der Waals surface area contributed by atoms with Crippen LogP contribution in [-0.2, 0) is 0 Å². The molecule has 1 N–H and O–H groups in total. The van der Waals surface area contributed by atoms with Crippen LogP contribution >= 0.6 is 0 Å². The van der Waals surface area contributed by atoms with E-state index in [1.807, 2.05) is 24.3 Å². The summed E-state index contributed by atoms with van der Waals surface area (Å²) in [6.07, 6.45) is 3.41. The van der Waals surface area contributed by atoms with Crippen molar-refractivity contribution < 1.29 is 9.18 Å². The van der Waals surface area contributed by atoms with Crippen molar-refractivity contribution in [1.29, 1.82) is 0 Å². The lowest BCUT2D eigenvalue weighted by atomic mass is 10.1. The maximum atomic E-state index is 14.0. The number of hydrogen-bond donors (Lipinski definition) is 1. The number of benzene rings is 1. The summed E-state index contributed by atoms with van der Waals surface area (Å²) in [6, 6.07) is 14.1. The fourth-order valence-corrected chi connectivity index (χ4v) is 3.36. The van der Waals surface area contributed by atoms with Crippen LogP contribution in [0.3, 0.4) is 0 Å². The number of nitrogens with one attached hydrogen (secondary N) is 1. The third kappa shape index (κ3) is 4.34. The average molecular weight is 391 g/mol. The summed E-state index contributed by atoms with van der Waals surface area (Å²) < 4.78 is 14.0. The van der Waals surface area contributed by atoms with Crippen molar-refractivity contribution in [3.63, 3.8) is 0 Å². The highest BCUT2D eigenvalue weighted by Crippen LogP contribution is 2.19. The van der Waals surface area contributed by atoms with E-state index < -0.39 is 11.7 Å². The summed E-state index contributed by atoms with van der Waals surface area (Å²) in [5, 5.41) is 2.70. The minimum absolute atomic E-state index is 0.0188. The number of amides is 1. The molecule has 0 spiro atoms. The number of carbonyl (C=O) groups excluding carboxylic acids is 1. The lowest BCUT2D eigenvalue weighted by molar-refractivity contribution is 0.102. The lowest BCUT2D eigenvalue weighted by Crippen LogP contribution is -2.47. The van der Waals surface area contributed by atoms with Gasteiger partial charge in [0.15, 0.2) is 0 Å². The summed E-state index contributed by atoms with van der Waals surface area (Å²) in [5.41, 5.74) is 1.32. The Kier molecular flexibility index (Phi) is 5.37. The second-order valence-corrected chi connectivity index (χ2v) is 7.00. The molecule has 3 aromatic rings. The first kappa shape index (κ1) is 18.9. The van der Waals surface area contributed by atoms with E-state index in [0.29, 0.717) is 5.69 Å². The Morgan fingerprint density at radius 2 is 1.69 bits per heavy atom. The van der Waals surface area contributed by atoms with Gasteiger partial charge in [0, 0.05) is 32.4 Å². The Bertz CT molecular complexity index is 986. The highest BCUT2D eigenvalue weighted by atomic mass is 19.1. The van der Waals surface area contributed by atoms with Crippen LogP contribution in [0, 0.1) is 12.7 Å². The van der Waals surface area contributed by atoms with Crippen molar-refractivity contribution in [3.05, 3.63) is 77.9 Å². The Hall–Kier alpha value is -3.48. The molecule has 0 unspecified atom stereocenters. The number of halogens is 1. The molecule has 1 fully saturated rings. The molecule has 148 valence electrons. The normalized spacial score (nSPS) is 14.0. The maximum Gasteiger partial charge on any atom is 0.258 e. The molecule has 1 saturated heterocycles. The Labute approximate surface area is 169 Å². The molecule has 1 amide bonds. The van der Waals surface area contributed by atoms with Gasteiger partial charge >= 0.3 is 0 Å². The monoisotopic (exact) mass is 391 g/mol.